The first-order valence-electron chi connectivity index (χ1n) is 11.5. The molecule has 2 aromatic heterocycles. The van der Waals surface area contributed by atoms with Crippen LogP contribution in [-0.4, -0.2) is 52.1 Å². The second-order valence-corrected chi connectivity index (χ2v) is 8.28. The van der Waals surface area contributed by atoms with Gasteiger partial charge in [0.25, 0.3) is 0 Å². The number of hydrogen-bond acceptors (Lipinski definition) is 7. The molecule has 0 radical (unpaired) electrons. The van der Waals surface area contributed by atoms with Crippen LogP contribution < -0.4 is 10.5 Å². The van der Waals surface area contributed by atoms with Gasteiger partial charge in [-0.25, -0.2) is 9.97 Å². The predicted octanol–water partition coefficient (Wildman–Crippen LogP) is 4.38. The Hall–Kier alpha value is -3.57. The smallest absolute Gasteiger partial charge is 0.402 e. The quantitative estimate of drug-likeness (QED) is 0.439. The molecule has 0 unspecified atom stereocenters. The van der Waals surface area contributed by atoms with Crippen LogP contribution in [0.25, 0.3) is 11.3 Å². The molecule has 0 amide bonds. The topological polar surface area (TPSA) is 87.7 Å². The molecule has 1 aliphatic heterocycles. The SMILES string of the molecule is C=C(CCn1cc(-c2cnc(N)c(OC(F)(F)F)c2)nc1COCc1ccccc1)N1CCOCC1. The third-order valence-corrected chi connectivity index (χ3v) is 5.70. The number of morpholine rings is 1. The predicted molar refractivity (Wildman–Crippen MR) is 128 cm³/mol. The number of hydrogen-bond donors (Lipinski definition) is 1. The molecule has 1 aliphatic rings. The second-order valence-electron chi connectivity index (χ2n) is 8.28. The van der Waals surface area contributed by atoms with Crippen molar-refractivity contribution in [1.29, 1.82) is 0 Å². The molecular weight excluding hydrogens is 475 g/mol. The van der Waals surface area contributed by atoms with Gasteiger partial charge in [0.05, 0.1) is 25.5 Å². The third kappa shape index (κ3) is 6.98. The van der Waals surface area contributed by atoms with Crippen molar-refractivity contribution in [2.75, 3.05) is 32.0 Å². The van der Waals surface area contributed by atoms with E-state index >= 15 is 0 Å². The van der Waals surface area contributed by atoms with Crippen molar-refractivity contribution in [3.63, 3.8) is 0 Å². The maximum Gasteiger partial charge on any atom is 0.573 e. The lowest BCUT2D eigenvalue weighted by atomic mass is 10.2. The number of allylic oxidation sites excluding steroid dienone is 1. The number of aromatic nitrogens is 3. The molecule has 11 heteroatoms. The van der Waals surface area contributed by atoms with Gasteiger partial charge in [-0.3, -0.25) is 0 Å². The van der Waals surface area contributed by atoms with Crippen molar-refractivity contribution in [3.8, 4) is 17.0 Å². The number of halogens is 3. The first-order valence-corrected chi connectivity index (χ1v) is 11.5. The van der Waals surface area contributed by atoms with Gasteiger partial charge in [-0.2, -0.15) is 0 Å². The highest BCUT2D eigenvalue weighted by molar-refractivity contribution is 5.63. The monoisotopic (exact) mass is 503 g/mol. The summed E-state index contributed by atoms with van der Waals surface area (Å²) in [5, 5.41) is 0. The fourth-order valence-corrected chi connectivity index (χ4v) is 3.83. The number of imidazole rings is 1. The lowest BCUT2D eigenvalue weighted by Gasteiger charge is -2.30. The Morgan fingerprint density at radius 3 is 2.61 bits per heavy atom. The van der Waals surface area contributed by atoms with Crippen molar-refractivity contribution in [2.24, 2.45) is 0 Å². The molecule has 0 atom stereocenters. The van der Waals surface area contributed by atoms with Crippen LogP contribution in [0.2, 0.25) is 0 Å². The van der Waals surface area contributed by atoms with Crippen LogP contribution in [-0.2, 0) is 29.2 Å². The van der Waals surface area contributed by atoms with Crippen LogP contribution >= 0.6 is 0 Å². The zero-order chi connectivity index (χ0) is 25.5. The van der Waals surface area contributed by atoms with Crippen LogP contribution in [0.15, 0.2) is 61.1 Å². The van der Waals surface area contributed by atoms with Crippen LogP contribution in [0.4, 0.5) is 19.0 Å². The molecular formula is C25H28F3N5O3. The van der Waals surface area contributed by atoms with Crippen LogP contribution in [0.3, 0.4) is 0 Å². The van der Waals surface area contributed by atoms with Crippen LogP contribution in [0.5, 0.6) is 5.75 Å². The molecule has 3 heterocycles. The summed E-state index contributed by atoms with van der Waals surface area (Å²) in [6.07, 6.45) is -1.08. The van der Waals surface area contributed by atoms with Gasteiger partial charge in [0, 0.05) is 49.7 Å². The molecule has 192 valence electrons. The molecule has 1 fully saturated rings. The largest absolute Gasteiger partial charge is 0.573 e. The Morgan fingerprint density at radius 1 is 1.14 bits per heavy atom. The number of rotatable bonds is 10. The minimum atomic E-state index is -4.88. The van der Waals surface area contributed by atoms with Crippen molar-refractivity contribution in [2.45, 2.75) is 32.5 Å². The van der Waals surface area contributed by atoms with E-state index in [4.69, 9.17) is 15.2 Å². The average Bonchev–Trinajstić information content (AvgIpc) is 3.27. The fourth-order valence-electron chi connectivity index (χ4n) is 3.83. The van der Waals surface area contributed by atoms with Gasteiger partial charge in [-0.15, -0.1) is 13.2 Å². The number of ether oxygens (including phenoxy) is 3. The van der Waals surface area contributed by atoms with Crippen molar-refractivity contribution >= 4 is 5.82 Å². The zero-order valence-corrected chi connectivity index (χ0v) is 19.7. The van der Waals surface area contributed by atoms with Gasteiger partial charge >= 0.3 is 6.36 Å². The highest BCUT2D eigenvalue weighted by Crippen LogP contribution is 2.31. The number of nitrogens with two attached hydrogens (primary N) is 1. The highest BCUT2D eigenvalue weighted by atomic mass is 19.4. The van der Waals surface area contributed by atoms with Gasteiger partial charge in [0.2, 0.25) is 0 Å². The average molecular weight is 504 g/mol. The number of nitrogens with zero attached hydrogens (tertiary/aromatic N) is 4. The molecule has 0 bridgehead atoms. The molecule has 4 rings (SSSR count). The molecule has 0 spiro atoms. The zero-order valence-electron chi connectivity index (χ0n) is 19.7. The Labute approximate surface area is 207 Å². The van der Waals surface area contributed by atoms with Crippen molar-refractivity contribution in [3.05, 3.63) is 72.5 Å². The van der Waals surface area contributed by atoms with Gasteiger partial charge < -0.3 is 29.4 Å². The summed E-state index contributed by atoms with van der Waals surface area (Å²) in [4.78, 5) is 10.7. The van der Waals surface area contributed by atoms with E-state index in [1.54, 1.807) is 6.20 Å². The lowest BCUT2D eigenvalue weighted by Crippen LogP contribution is -2.35. The highest BCUT2D eigenvalue weighted by Gasteiger charge is 2.32. The number of anilines is 1. The van der Waals surface area contributed by atoms with E-state index in [1.165, 1.54) is 12.3 Å². The maximum atomic E-state index is 12.8. The molecule has 36 heavy (non-hydrogen) atoms. The number of benzene rings is 1. The minimum Gasteiger partial charge on any atom is -0.402 e. The summed E-state index contributed by atoms with van der Waals surface area (Å²) in [6.45, 7) is 8.31. The molecule has 1 aromatic carbocycles. The summed E-state index contributed by atoms with van der Waals surface area (Å²) >= 11 is 0. The van der Waals surface area contributed by atoms with E-state index in [1.807, 2.05) is 34.9 Å². The standard InChI is InChI=1S/C25H28F3N5O3/c1-18(32-9-11-34-12-10-32)7-8-33-15-21(20-13-22(24(29)30-14-20)36-25(26,27)28)31-23(33)17-35-16-19-5-3-2-4-6-19/h2-6,13-15H,1,7-12,16-17H2,(H2,29,30). The van der Waals surface area contributed by atoms with E-state index in [9.17, 15) is 13.2 Å². The minimum absolute atomic E-state index is 0.216. The number of pyridine rings is 1. The Balaban J connectivity index is 1.52. The van der Waals surface area contributed by atoms with Gasteiger partial charge in [-0.1, -0.05) is 36.9 Å². The molecule has 2 N–H and O–H groups in total. The number of aryl methyl sites for hydroxylation is 1. The fraction of sp³-hybridized carbons (Fsp3) is 0.360. The van der Waals surface area contributed by atoms with E-state index in [0.29, 0.717) is 49.9 Å². The van der Waals surface area contributed by atoms with Crippen molar-refractivity contribution in [1.82, 2.24) is 19.4 Å². The van der Waals surface area contributed by atoms with Gasteiger partial charge in [0.1, 0.15) is 12.4 Å². The molecule has 1 saturated heterocycles. The van der Waals surface area contributed by atoms with Gasteiger partial charge in [0.15, 0.2) is 11.6 Å². The van der Waals surface area contributed by atoms with Crippen LogP contribution in [0, 0.1) is 0 Å². The molecule has 8 nitrogen and oxygen atoms in total. The molecule has 0 saturated carbocycles. The third-order valence-electron chi connectivity index (χ3n) is 5.70. The number of alkyl halides is 3. The van der Waals surface area contributed by atoms with Gasteiger partial charge in [-0.05, 0) is 11.6 Å². The Bertz CT molecular complexity index is 1160. The number of nitrogen functional groups attached to an aromatic ring is 1. The summed E-state index contributed by atoms with van der Waals surface area (Å²) in [5.74, 6) is -0.299. The summed E-state index contributed by atoms with van der Waals surface area (Å²) in [6, 6.07) is 10.9. The normalized spacial score (nSPS) is 14.1. The molecule has 3 aromatic rings. The maximum absolute atomic E-state index is 12.8. The van der Waals surface area contributed by atoms with E-state index < -0.39 is 12.1 Å². The molecule has 0 aliphatic carbocycles. The van der Waals surface area contributed by atoms with E-state index in [0.717, 1.165) is 24.4 Å². The van der Waals surface area contributed by atoms with E-state index in [2.05, 4.69) is 26.2 Å². The van der Waals surface area contributed by atoms with Crippen molar-refractivity contribution < 1.29 is 27.4 Å². The van der Waals surface area contributed by atoms with Crippen LogP contribution in [0.1, 0.15) is 17.8 Å². The Kier molecular flexibility index (Phi) is 8.11. The van der Waals surface area contributed by atoms with E-state index in [-0.39, 0.29) is 12.4 Å². The summed E-state index contributed by atoms with van der Waals surface area (Å²) in [5.41, 5.74) is 8.37. The summed E-state index contributed by atoms with van der Waals surface area (Å²) < 4.78 is 55.5. The Morgan fingerprint density at radius 2 is 1.89 bits per heavy atom. The first-order chi connectivity index (χ1) is 17.3. The lowest BCUT2D eigenvalue weighted by molar-refractivity contribution is -0.274. The first kappa shape index (κ1) is 25.5. The second kappa shape index (κ2) is 11.4. The summed E-state index contributed by atoms with van der Waals surface area (Å²) in [7, 11) is 0.